The van der Waals surface area contributed by atoms with Gasteiger partial charge in [0.25, 0.3) is 0 Å². The summed E-state index contributed by atoms with van der Waals surface area (Å²) in [5.41, 5.74) is 5.76. The first-order chi connectivity index (χ1) is 7.59. The topological polar surface area (TPSA) is 46.2 Å². The zero-order chi connectivity index (χ0) is 11.7. The molecule has 0 heterocycles. The van der Waals surface area contributed by atoms with E-state index in [-0.39, 0.29) is 11.3 Å². The number of anilines is 1. The smallest absolute Gasteiger partial charge is 0.175 e. The number of hydrogen-bond donors (Lipinski definition) is 2. The molecule has 0 aliphatic rings. The summed E-state index contributed by atoms with van der Waals surface area (Å²) < 4.78 is 26.6. The maximum absolute atomic E-state index is 13.6. The van der Waals surface area contributed by atoms with Crippen LogP contribution in [-0.2, 0) is 0 Å². The van der Waals surface area contributed by atoms with E-state index in [0.29, 0.717) is 5.56 Å². The summed E-state index contributed by atoms with van der Waals surface area (Å²) >= 11 is 0. The summed E-state index contributed by atoms with van der Waals surface area (Å²) in [6.45, 7) is 0. The van der Waals surface area contributed by atoms with E-state index in [0.717, 1.165) is 0 Å². The number of nitrogen functional groups attached to an aromatic ring is 1. The molecule has 2 aromatic rings. The van der Waals surface area contributed by atoms with Crippen LogP contribution in [0.3, 0.4) is 0 Å². The Hall–Kier alpha value is -2.10. The van der Waals surface area contributed by atoms with E-state index in [2.05, 4.69) is 0 Å². The SMILES string of the molecule is Nc1ccc(-c2cccc(F)c2)c(F)c1O. The molecule has 2 rings (SSSR count). The third kappa shape index (κ3) is 1.69. The molecule has 0 radical (unpaired) electrons. The fourth-order valence-corrected chi connectivity index (χ4v) is 1.46. The number of aromatic hydroxyl groups is 1. The minimum absolute atomic E-state index is 0.0438. The summed E-state index contributed by atoms with van der Waals surface area (Å²) in [6.07, 6.45) is 0. The molecule has 0 saturated heterocycles. The van der Waals surface area contributed by atoms with Crippen molar-refractivity contribution in [1.29, 1.82) is 0 Å². The van der Waals surface area contributed by atoms with Crippen LogP contribution in [0.4, 0.5) is 14.5 Å². The number of phenols is 1. The maximum atomic E-state index is 13.6. The highest BCUT2D eigenvalue weighted by atomic mass is 19.1. The van der Waals surface area contributed by atoms with E-state index >= 15 is 0 Å². The van der Waals surface area contributed by atoms with Crippen molar-refractivity contribution in [3.05, 3.63) is 48.0 Å². The van der Waals surface area contributed by atoms with E-state index in [9.17, 15) is 13.9 Å². The number of phenolic OH excluding ortho intramolecular Hbond substituents is 1. The number of benzene rings is 2. The van der Waals surface area contributed by atoms with Gasteiger partial charge in [-0.3, -0.25) is 0 Å². The molecular formula is C12H9F2NO. The summed E-state index contributed by atoms with van der Waals surface area (Å²) in [7, 11) is 0. The molecule has 0 saturated carbocycles. The molecule has 2 nitrogen and oxygen atoms in total. The quantitative estimate of drug-likeness (QED) is 0.574. The fourth-order valence-electron chi connectivity index (χ4n) is 1.46. The average molecular weight is 221 g/mol. The molecule has 0 unspecified atom stereocenters. The van der Waals surface area contributed by atoms with E-state index in [1.54, 1.807) is 6.07 Å². The molecule has 0 bridgehead atoms. The van der Waals surface area contributed by atoms with Crippen LogP contribution in [0.5, 0.6) is 5.75 Å². The third-order valence-electron chi connectivity index (χ3n) is 2.28. The number of nitrogens with two attached hydrogens (primary N) is 1. The Kier molecular flexibility index (Phi) is 2.48. The van der Waals surface area contributed by atoms with E-state index in [1.807, 2.05) is 0 Å². The van der Waals surface area contributed by atoms with E-state index in [1.165, 1.54) is 30.3 Å². The highest BCUT2D eigenvalue weighted by molar-refractivity contribution is 5.70. The summed E-state index contributed by atoms with van der Waals surface area (Å²) in [4.78, 5) is 0. The van der Waals surface area contributed by atoms with Gasteiger partial charge in [0.2, 0.25) is 0 Å². The third-order valence-corrected chi connectivity index (χ3v) is 2.28. The molecule has 0 aromatic heterocycles. The van der Waals surface area contributed by atoms with Crippen LogP contribution in [0.15, 0.2) is 36.4 Å². The van der Waals surface area contributed by atoms with Crippen LogP contribution in [0, 0.1) is 11.6 Å². The fraction of sp³-hybridized carbons (Fsp3) is 0. The van der Waals surface area contributed by atoms with Gasteiger partial charge in [0.15, 0.2) is 11.6 Å². The Morgan fingerprint density at radius 2 is 1.81 bits per heavy atom. The van der Waals surface area contributed by atoms with Crippen LogP contribution in [0.1, 0.15) is 0 Å². The first-order valence-corrected chi connectivity index (χ1v) is 4.62. The monoisotopic (exact) mass is 221 g/mol. The lowest BCUT2D eigenvalue weighted by atomic mass is 10.0. The second-order valence-corrected chi connectivity index (χ2v) is 3.38. The van der Waals surface area contributed by atoms with Crippen LogP contribution >= 0.6 is 0 Å². The van der Waals surface area contributed by atoms with Gasteiger partial charge in [0, 0.05) is 5.56 Å². The molecule has 0 atom stereocenters. The Bertz CT molecular complexity index is 541. The van der Waals surface area contributed by atoms with E-state index in [4.69, 9.17) is 5.73 Å². The second kappa shape index (κ2) is 3.81. The van der Waals surface area contributed by atoms with Crippen molar-refractivity contribution < 1.29 is 13.9 Å². The molecule has 0 aliphatic carbocycles. The van der Waals surface area contributed by atoms with Gasteiger partial charge < -0.3 is 10.8 Å². The van der Waals surface area contributed by atoms with Gasteiger partial charge in [-0.05, 0) is 29.8 Å². The van der Waals surface area contributed by atoms with Gasteiger partial charge in [-0.1, -0.05) is 12.1 Å². The van der Waals surface area contributed by atoms with E-state index < -0.39 is 17.4 Å². The van der Waals surface area contributed by atoms with Gasteiger partial charge in [-0.15, -0.1) is 0 Å². The van der Waals surface area contributed by atoms with Crippen molar-refractivity contribution >= 4 is 5.69 Å². The lowest BCUT2D eigenvalue weighted by Gasteiger charge is -2.07. The van der Waals surface area contributed by atoms with Crippen molar-refractivity contribution in [3.63, 3.8) is 0 Å². The molecule has 3 N–H and O–H groups in total. The Morgan fingerprint density at radius 1 is 1.06 bits per heavy atom. The normalized spacial score (nSPS) is 10.4. The van der Waals surface area contributed by atoms with Gasteiger partial charge >= 0.3 is 0 Å². The molecule has 0 aliphatic heterocycles. The lowest BCUT2D eigenvalue weighted by Crippen LogP contribution is -1.91. The molecule has 0 fully saturated rings. The van der Waals surface area contributed by atoms with Crippen molar-refractivity contribution in [2.24, 2.45) is 0 Å². The van der Waals surface area contributed by atoms with Gasteiger partial charge in [-0.25, -0.2) is 8.78 Å². The molecule has 4 heteroatoms. The molecule has 0 amide bonds. The number of halogens is 2. The van der Waals surface area contributed by atoms with Crippen LogP contribution in [-0.4, -0.2) is 5.11 Å². The standard InChI is InChI=1S/C12H9F2NO/c13-8-3-1-2-7(6-8)9-4-5-10(15)12(16)11(9)14/h1-6,16H,15H2. The highest BCUT2D eigenvalue weighted by Gasteiger charge is 2.12. The van der Waals surface area contributed by atoms with Crippen molar-refractivity contribution in [3.8, 4) is 16.9 Å². The van der Waals surface area contributed by atoms with Crippen LogP contribution < -0.4 is 5.73 Å². The highest BCUT2D eigenvalue weighted by Crippen LogP contribution is 2.32. The van der Waals surface area contributed by atoms with Crippen molar-refractivity contribution in [2.45, 2.75) is 0 Å². The van der Waals surface area contributed by atoms with Crippen LogP contribution in [0.25, 0.3) is 11.1 Å². The second-order valence-electron chi connectivity index (χ2n) is 3.38. The Balaban J connectivity index is 2.61. The number of hydrogen-bond acceptors (Lipinski definition) is 2. The molecule has 2 aromatic carbocycles. The van der Waals surface area contributed by atoms with Crippen molar-refractivity contribution in [1.82, 2.24) is 0 Å². The Labute approximate surface area is 91.0 Å². The molecule has 82 valence electrons. The summed E-state index contributed by atoms with van der Waals surface area (Å²) in [5, 5.41) is 9.32. The predicted molar refractivity (Wildman–Crippen MR) is 57.9 cm³/mol. The average Bonchev–Trinajstić information content (AvgIpc) is 2.26. The zero-order valence-electron chi connectivity index (χ0n) is 8.24. The first-order valence-electron chi connectivity index (χ1n) is 4.62. The minimum Gasteiger partial charge on any atom is -0.503 e. The molecule has 0 spiro atoms. The summed E-state index contributed by atoms with van der Waals surface area (Å²) in [6, 6.07) is 8.25. The predicted octanol–water partition coefficient (Wildman–Crippen LogP) is 2.92. The van der Waals surface area contributed by atoms with Gasteiger partial charge in [-0.2, -0.15) is 0 Å². The maximum Gasteiger partial charge on any atom is 0.175 e. The summed E-state index contributed by atoms with van der Waals surface area (Å²) in [5.74, 6) is -1.92. The lowest BCUT2D eigenvalue weighted by molar-refractivity contribution is 0.436. The first kappa shape index (κ1) is 10.4. The number of rotatable bonds is 1. The molecular weight excluding hydrogens is 212 g/mol. The largest absolute Gasteiger partial charge is 0.503 e. The Morgan fingerprint density at radius 3 is 2.50 bits per heavy atom. The molecule has 16 heavy (non-hydrogen) atoms. The van der Waals surface area contributed by atoms with Crippen molar-refractivity contribution in [2.75, 3.05) is 5.73 Å². The van der Waals surface area contributed by atoms with Gasteiger partial charge in [0.05, 0.1) is 5.69 Å². The minimum atomic E-state index is -0.842. The van der Waals surface area contributed by atoms with Crippen LogP contribution in [0.2, 0.25) is 0 Å². The van der Waals surface area contributed by atoms with Gasteiger partial charge in [0.1, 0.15) is 5.82 Å². The zero-order valence-corrected chi connectivity index (χ0v) is 8.24.